The zero-order chi connectivity index (χ0) is 31.3. The molecule has 0 radical (unpaired) electrons. The van der Waals surface area contributed by atoms with E-state index in [9.17, 15) is 14.4 Å². The maximum absolute atomic E-state index is 13.7. The molecule has 1 amide bonds. The maximum Gasteiger partial charge on any atom is 0.356 e. The monoisotopic (exact) mass is 558 g/mol. The lowest BCUT2D eigenvalue weighted by Crippen LogP contribution is -2.52. The van der Waals surface area contributed by atoms with E-state index in [2.05, 4.69) is 48.5 Å². The number of hydrogen-bond donors (Lipinski definition) is 1. The van der Waals surface area contributed by atoms with E-state index in [0.717, 1.165) is 6.42 Å². The van der Waals surface area contributed by atoms with Crippen molar-refractivity contribution in [1.82, 2.24) is 4.90 Å². The number of nitrogens with zero attached hydrogens (tertiary/aromatic N) is 1. The van der Waals surface area contributed by atoms with Gasteiger partial charge >= 0.3 is 11.9 Å². The average Bonchev–Trinajstić information content (AvgIpc) is 2.82. The predicted octanol–water partition coefficient (Wildman–Crippen LogP) is 6.78. The summed E-state index contributed by atoms with van der Waals surface area (Å²) in [6, 6.07) is 8.63. The number of carbonyl (C=O) groups is 3. The standard InChI is InChI=1S/C33H54N2O5/c1-29(2,3)21-24(26(36)35(12)13)32(9,10)31(7,8)22-33(11,30(4,5)6)28(38)40-20-19-39-27(37)25(34)23-17-15-14-16-18-23/h14-18,24,34H,19-22H2,1-13H3. The molecule has 2 atom stereocenters. The Kier molecular flexibility index (Phi) is 11.4. The van der Waals surface area contributed by atoms with E-state index >= 15 is 0 Å². The number of nitrogens with one attached hydrogen (secondary N) is 1. The summed E-state index contributed by atoms with van der Waals surface area (Å²) < 4.78 is 10.9. The lowest BCUT2D eigenvalue weighted by molar-refractivity contribution is -0.171. The van der Waals surface area contributed by atoms with Crippen LogP contribution in [0.25, 0.3) is 0 Å². The smallest absolute Gasteiger partial charge is 0.356 e. The Labute approximate surface area is 242 Å². The molecule has 2 unspecified atom stereocenters. The molecule has 0 aliphatic heterocycles. The van der Waals surface area contributed by atoms with Crippen molar-refractivity contribution in [3.8, 4) is 0 Å². The Balaban J connectivity index is 3.10. The third kappa shape index (κ3) is 8.65. The Morgan fingerprint density at radius 3 is 1.77 bits per heavy atom. The van der Waals surface area contributed by atoms with Gasteiger partial charge in [0.15, 0.2) is 0 Å². The fourth-order valence-corrected chi connectivity index (χ4v) is 5.02. The van der Waals surface area contributed by atoms with Crippen LogP contribution in [-0.2, 0) is 23.9 Å². The third-order valence-corrected chi connectivity index (χ3v) is 8.89. The first kappa shape index (κ1) is 35.3. The zero-order valence-electron chi connectivity index (χ0n) is 27.3. The van der Waals surface area contributed by atoms with E-state index in [0.29, 0.717) is 12.0 Å². The summed E-state index contributed by atoms with van der Waals surface area (Å²) in [7, 11) is 3.59. The first-order valence-electron chi connectivity index (χ1n) is 14.2. The Bertz CT molecular complexity index is 1040. The summed E-state index contributed by atoms with van der Waals surface area (Å²) >= 11 is 0. The van der Waals surface area contributed by atoms with Crippen LogP contribution < -0.4 is 0 Å². The van der Waals surface area contributed by atoms with Crippen LogP contribution in [0.4, 0.5) is 0 Å². The molecule has 1 rings (SSSR count). The molecule has 0 aromatic heterocycles. The minimum atomic E-state index is -0.887. The van der Waals surface area contributed by atoms with Gasteiger partial charge in [0, 0.05) is 25.6 Å². The molecule has 1 aromatic carbocycles. The molecular formula is C33H54N2O5. The number of benzene rings is 1. The van der Waals surface area contributed by atoms with Crippen molar-refractivity contribution in [3.05, 3.63) is 35.9 Å². The minimum absolute atomic E-state index is 0.0514. The van der Waals surface area contributed by atoms with Gasteiger partial charge in [-0.15, -0.1) is 0 Å². The molecule has 0 saturated heterocycles. The second kappa shape index (κ2) is 12.9. The van der Waals surface area contributed by atoms with Crippen molar-refractivity contribution in [1.29, 1.82) is 5.41 Å². The van der Waals surface area contributed by atoms with Gasteiger partial charge in [-0.3, -0.25) is 15.0 Å². The van der Waals surface area contributed by atoms with Crippen molar-refractivity contribution in [2.24, 2.45) is 33.0 Å². The molecule has 0 aliphatic carbocycles. The lowest BCUT2D eigenvalue weighted by atomic mass is 9.51. The van der Waals surface area contributed by atoms with E-state index in [-0.39, 0.29) is 42.1 Å². The molecule has 0 saturated carbocycles. The van der Waals surface area contributed by atoms with Gasteiger partial charge in [-0.25, -0.2) is 4.79 Å². The SMILES string of the molecule is CN(C)C(=O)C(CC(C)(C)C)C(C)(C)C(C)(C)CC(C)(C(=O)OCCOC(=O)C(=N)c1ccccc1)C(C)(C)C. The average molecular weight is 559 g/mol. The fourth-order valence-electron chi connectivity index (χ4n) is 5.02. The van der Waals surface area contributed by atoms with Crippen LogP contribution >= 0.6 is 0 Å². The summed E-state index contributed by atoms with van der Waals surface area (Å²) in [5.74, 6) is -1.28. The highest BCUT2D eigenvalue weighted by Crippen LogP contribution is 2.57. The summed E-state index contributed by atoms with van der Waals surface area (Å²) in [4.78, 5) is 41.1. The Morgan fingerprint density at radius 1 is 0.825 bits per heavy atom. The van der Waals surface area contributed by atoms with Gasteiger partial charge in [-0.05, 0) is 41.4 Å². The van der Waals surface area contributed by atoms with Crippen LogP contribution in [0.5, 0.6) is 0 Å². The Morgan fingerprint density at radius 2 is 1.32 bits per heavy atom. The predicted molar refractivity (Wildman–Crippen MR) is 161 cm³/mol. The van der Waals surface area contributed by atoms with Crippen LogP contribution in [-0.4, -0.2) is 55.8 Å². The van der Waals surface area contributed by atoms with Crippen molar-refractivity contribution >= 4 is 23.6 Å². The number of esters is 2. The molecule has 0 heterocycles. The van der Waals surface area contributed by atoms with Gasteiger partial charge < -0.3 is 14.4 Å². The second-order valence-electron chi connectivity index (χ2n) is 14.9. The highest BCUT2D eigenvalue weighted by Gasteiger charge is 2.55. The van der Waals surface area contributed by atoms with Gasteiger partial charge in [0.05, 0.1) is 5.41 Å². The summed E-state index contributed by atoms with van der Waals surface area (Å²) in [6.45, 7) is 22.8. The van der Waals surface area contributed by atoms with Gasteiger partial charge in [0.25, 0.3) is 0 Å². The van der Waals surface area contributed by atoms with Gasteiger partial charge in [-0.1, -0.05) is 99.6 Å². The van der Waals surface area contributed by atoms with Crippen LogP contribution in [0.15, 0.2) is 30.3 Å². The summed E-state index contributed by atoms with van der Waals surface area (Å²) in [6.07, 6.45) is 1.22. The first-order chi connectivity index (χ1) is 18.0. The number of carbonyl (C=O) groups excluding carboxylic acids is 3. The fraction of sp³-hybridized carbons (Fsp3) is 0.697. The van der Waals surface area contributed by atoms with Gasteiger partial charge in [-0.2, -0.15) is 0 Å². The molecule has 7 heteroatoms. The molecule has 40 heavy (non-hydrogen) atoms. The topological polar surface area (TPSA) is 96.8 Å². The largest absolute Gasteiger partial charge is 0.462 e. The van der Waals surface area contributed by atoms with Crippen LogP contribution in [0.1, 0.15) is 94.6 Å². The molecule has 0 bridgehead atoms. The number of rotatable bonds is 12. The molecule has 226 valence electrons. The number of hydrogen-bond acceptors (Lipinski definition) is 6. The molecule has 0 aliphatic rings. The van der Waals surface area contributed by atoms with Gasteiger partial charge in [0.2, 0.25) is 5.91 Å². The van der Waals surface area contributed by atoms with E-state index in [1.165, 1.54) is 0 Å². The highest BCUT2D eigenvalue weighted by atomic mass is 16.6. The van der Waals surface area contributed by atoms with Crippen LogP contribution in [0.3, 0.4) is 0 Å². The zero-order valence-corrected chi connectivity index (χ0v) is 27.3. The summed E-state index contributed by atoms with van der Waals surface area (Å²) in [5.41, 5.74) is -2.03. The van der Waals surface area contributed by atoms with Crippen molar-refractivity contribution < 1.29 is 23.9 Å². The van der Waals surface area contributed by atoms with Crippen molar-refractivity contribution in [3.63, 3.8) is 0 Å². The number of ether oxygens (including phenoxy) is 2. The third-order valence-electron chi connectivity index (χ3n) is 8.89. The summed E-state index contributed by atoms with van der Waals surface area (Å²) in [5, 5.41) is 8.03. The minimum Gasteiger partial charge on any atom is -0.462 e. The molecular weight excluding hydrogens is 504 g/mol. The van der Waals surface area contributed by atoms with E-state index in [1.807, 2.05) is 27.7 Å². The van der Waals surface area contributed by atoms with Crippen molar-refractivity contribution in [2.45, 2.75) is 89.0 Å². The molecule has 0 spiro atoms. The van der Waals surface area contributed by atoms with E-state index in [4.69, 9.17) is 14.9 Å². The number of amides is 1. The normalized spacial score (nSPS) is 15.0. The molecule has 0 fully saturated rings. The highest BCUT2D eigenvalue weighted by molar-refractivity contribution is 6.41. The molecule has 1 N–H and O–H groups in total. The van der Waals surface area contributed by atoms with Crippen LogP contribution in [0, 0.1) is 38.4 Å². The lowest BCUT2D eigenvalue weighted by Gasteiger charge is -2.53. The quantitative estimate of drug-likeness (QED) is 0.173. The van der Waals surface area contributed by atoms with Crippen molar-refractivity contribution in [2.75, 3.05) is 27.3 Å². The van der Waals surface area contributed by atoms with E-state index < -0.39 is 27.6 Å². The Hall–Kier alpha value is -2.70. The van der Waals surface area contributed by atoms with Crippen LogP contribution in [0.2, 0.25) is 0 Å². The second-order valence-corrected chi connectivity index (χ2v) is 14.9. The molecule has 1 aromatic rings. The van der Waals surface area contributed by atoms with Gasteiger partial charge in [0.1, 0.15) is 18.9 Å². The first-order valence-corrected chi connectivity index (χ1v) is 14.2. The molecule has 7 nitrogen and oxygen atoms in total. The maximum atomic E-state index is 13.7. The van der Waals surface area contributed by atoms with E-state index in [1.54, 1.807) is 49.3 Å².